The van der Waals surface area contributed by atoms with Gasteiger partial charge in [-0.3, -0.25) is 0 Å². The Morgan fingerprint density at radius 1 is 0.768 bits per heavy atom. The first-order valence-corrected chi connectivity index (χ1v) is 26.3. The molecule has 0 aliphatic heterocycles. The van der Waals surface area contributed by atoms with Crippen LogP contribution in [-0.4, -0.2) is 23.2 Å². The Morgan fingerprint density at radius 3 is 2.23 bits per heavy atom. The summed E-state index contributed by atoms with van der Waals surface area (Å²) in [6.07, 6.45) is 7.02. The van der Waals surface area contributed by atoms with Crippen molar-refractivity contribution >= 4 is 39.6 Å². The molecule has 0 bridgehead atoms. The number of benzene rings is 5. The minimum Gasteiger partial charge on any atom is 0 e. The average molecular weight is 977 g/mol. The molecule has 56 heavy (non-hydrogen) atoms. The van der Waals surface area contributed by atoms with Crippen molar-refractivity contribution in [3.05, 3.63) is 163 Å². The molecule has 1 fully saturated rings. The molecular formula is C51H48GeIrN2O-2. The predicted octanol–water partition coefficient (Wildman–Crippen LogP) is 13.5. The Hall–Kier alpha value is -4.61. The van der Waals surface area contributed by atoms with Crippen LogP contribution < -0.4 is 4.40 Å². The van der Waals surface area contributed by atoms with E-state index in [1.165, 1.54) is 4.40 Å². The Labute approximate surface area is 358 Å². The van der Waals surface area contributed by atoms with E-state index in [1.54, 1.807) is 24.4 Å². The third-order valence-corrected chi connectivity index (χ3v) is 14.8. The SMILES string of the molecule is [2H]C([2H])([2H])C([2H])(c1ccnc(-c2[c-]ccc3c2oc2cc(-c4ccccc4)ccc23)c1)C1CCCC1.[2H]C([2H])([2H])c1c[c-]c(-c2cc[c]([Ge]([CH3])([CH3])[CH3])cn2)cc1-c1ccccc1.[Ir]. The maximum Gasteiger partial charge on any atom is 0 e. The van der Waals surface area contributed by atoms with Gasteiger partial charge in [-0.2, -0.15) is 0 Å². The van der Waals surface area contributed by atoms with Gasteiger partial charge in [-0.25, -0.2) is 0 Å². The average Bonchev–Trinajstić information content (AvgIpc) is 3.95. The van der Waals surface area contributed by atoms with Crippen molar-refractivity contribution < 1.29 is 34.1 Å². The summed E-state index contributed by atoms with van der Waals surface area (Å²) >= 11 is -1.91. The molecule has 0 amide bonds. The maximum absolute atomic E-state index is 9.20. The summed E-state index contributed by atoms with van der Waals surface area (Å²) in [7, 11) is 0. The number of pyridine rings is 2. The van der Waals surface area contributed by atoms with E-state index in [4.69, 9.17) is 12.6 Å². The van der Waals surface area contributed by atoms with Gasteiger partial charge in [0.1, 0.15) is 5.58 Å². The van der Waals surface area contributed by atoms with E-state index in [0.717, 1.165) is 70.0 Å². The van der Waals surface area contributed by atoms with E-state index < -0.39 is 32.9 Å². The summed E-state index contributed by atoms with van der Waals surface area (Å²) in [4.78, 5) is 9.18. The first-order valence-electron chi connectivity index (χ1n) is 22.5. The van der Waals surface area contributed by atoms with Gasteiger partial charge in [0.15, 0.2) is 0 Å². The number of nitrogens with zero attached hydrogens (tertiary/aromatic N) is 2. The zero-order chi connectivity index (χ0) is 43.9. The molecule has 9 rings (SSSR count). The van der Waals surface area contributed by atoms with Crippen LogP contribution in [0.4, 0.5) is 0 Å². The fourth-order valence-corrected chi connectivity index (χ4v) is 9.59. The summed E-state index contributed by atoms with van der Waals surface area (Å²) < 4.78 is 65.2. The molecule has 0 N–H and O–H groups in total. The molecule has 1 radical (unpaired) electrons. The van der Waals surface area contributed by atoms with Gasteiger partial charge >= 0.3 is 146 Å². The van der Waals surface area contributed by atoms with Crippen molar-refractivity contribution in [1.82, 2.24) is 9.97 Å². The predicted molar refractivity (Wildman–Crippen MR) is 233 cm³/mol. The van der Waals surface area contributed by atoms with E-state index in [0.29, 0.717) is 33.5 Å². The summed E-state index contributed by atoms with van der Waals surface area (Å²) in [6, 6.07) is 47.3. The largest absolute Gasteiger partial charge is 0 e. The third kappa shape index (κ3) is 8.54. The first-order chi connectivity index (χ1) is 29.5. The standard InChI is InChI=1S/C30H26NO.C21H22GeN.Ir/c1-20(21-8-5-6-9-21)23-16-17-31-28(18-23)27-13-7-12-26-25-15-14-24(19-29(25)32-30(26)27)22-10-3-2-4-11-22;1-16-10-11-18(14-20(16)17-8-6-5-7-9-17)21-13-12-19(15-23-21)22(2,3)4;/h2-4,7,10-12,14-21H,5-6,8-9H2,1H3;5-10,12-15H,1-4H3;/q2*-1;/i1D3,20D;1D3;. The normalized spacial score (nSPS) is 16.4. The molecule has 0 spiro atoms. The van der Waals surface area contributed by atoms with Gasteiger partial charge in [-0.1, -0.05) is 84.7 Å². The molecule has 5 aromatic carbocycles. The topological polar surface area (TPSA) is 38.9 Å². The quantitative estimate of drug-likeness (QED) is 0.118. The molecule has 1 unspecified atom stereocenters. The molecule has 283 valence electrons. The number of hydrogen-bond donors (Lipinski definition) is 0. The van der Waals surface area contributed by atoms with Gasteiger partial charge in [-0.15, -0.1) is 18.2 Å². The van der Waals surface area contributed by atoms with Gasteiger partial charge in [0, 0.05) is 37.2 Å². The van der Waals surface area contributed by atoms with Crippen molar-refractivity contribution in [2.75, 3.05) is 0 Å². The van der Waals surface area contributed by atoms with Gasteiger partial charge in [0.25, 0.3) is 0 Å². The minimum absolute atomic E-state index is 0. The van der Waals surface area contributed by atoms with Crippen LogP contribution in [0.15, 0.2) is 144 Å². The van der Waals surface area contributed by atoms with Crippen LogP contribution in [0, 0.1) is 24.9 Å². The summed E-state index contributed by atoms with van der Waals surface area (Å²) in [5, 5.41) is 1.95. The van der Waals surface area contributed by atoms with E-state index in [9.17, 15) is 1.37 Å². The van der Waals surface area contributed by atoms with E-state index >= 15 is 0 Å². The van der Waals surface area contributed by atoms with Gasteiger partial charge in [-0.05, 0) is 53.6 Å². The van der Waals surface area contributed by atoms with Crippen molar-refractivity contribution in [2.24, 2.45) is 5.92 Å². The van der Waals surface area contributed by atoms with Gasteiger partial charge in [0.05, 0.1) is 5.58 Å². The van der Waals surface area contributed by atoms with Crippen LogP contribution in [0.25, 0.3) is 66.7 Å². The molecule has 1 atom stereocenters. The van der Waals surface area contributed by atoms with Gasteiger partial charge < -0.3 is 9.40 Å². The Bertz CT molecular complexity index is 2830. The fraction of sp³-hybridized carbons (Fsp3) is 0.216. The van der Waals surface area contributed by atoms with Crippen LogP contribution >= 0.6 is 0 Å². The van der Waals surface area contributed by atoms with Crippen LogP contribution in [0.1, 0.15) is 59.2 Å². The summed E-state index contributed by atoms with van der Waals surface area (Å²) in [5.74, 6) is 5.13. The second-order valence-electron chi connectivity index (χ2n) is 15.3. The molecule has 3 heterocycles. The zero-order valence-corrected chi connectivity index (χ0v) is 36.3. The number of fused-ring (bicyclic) bond motifs is 3. The fourth-order valence-electron chi connectivity index (χ4n) is 7.42. The molecular weight excluding hydrogens is 921 g/mol. The molecule has 1 aliphatic carbocycles. The Balaban J connectivity index is 0.000000196. The van der Waals surface area contributed by atoms with Crippen LogP contribution in [0.3, 0.4) is 0 Å². The molecule has 3 nitrogen and oxygen atoms in total. The molecule has 0 saturated heterocycles. The zero-order valence-electron chi connectivity index (χ0n) is 38.8. The molecule has 1 aliphatic rings. The molecule has 5 heteroatoms. The second-order valence-corrected chi connectivity index (χ2v) is 26.0. The molecule has 1 saturated carbocycles. The molecule has 8 aromatic rings. The number of rotatable bonds is 7. The number of hydrogen-bond acceptors (Lipinski definition) is 3. The van der Waals surface area contributed by atoms with E-state index in [2.05, 4.69) is 69.7 Å². The minimum atomic E-state index is -2.44. The van der Waals surface area contributed by atoms with Crippen LogP contribution in [0.5, 0.6) is 0 Å². The first kappa shape index (κ1) is 31.5. The number of aromatic nitrogens is 2. The Morgan fingerprint density at radius 2 is 1.54 bits per heavy atom. The number of aryl methyl sites for hydroxylation is 1. The van der Waals surface area contributed by atoms with Crippen molar-refractivity contribution in [1.29, 1.82) is 0 Å². The molecule has 3 aromatic heterocycles. The van der Waals surface area contributed by atoms with E-state index in [-0.39, 0.29) is 26.0 Å². The van der Waals surface area contributed by atoms with Crippen LogP contribution in [-0.2, 0) is 20.1 Å². The maximum atomic E-state index is 9.20. The number of furan rings is 1. The summed E-state index contributed by atoms with van der Waals surface area (Å²) in [5.41, 5.74) is 8.87. The monoisotopic (exact) mass is 978 g/mol. The van der Waals surface area contributed by atoms with Crippen molar-refractivity contribution in [2.45, 2.75) is 62.5 Å². The van der Waals surface area contributed by atoms with Crippen molar-refractivity contribution in [3.63, 3.8) is 0 Å². The smallest absolute Gasteiger partial charge is 0 e. The van der Waals surface area contributed by atoms with E-state index in [1.807, 2.05) is 85.1 Å². The van der Waals surface area contributed by atoms with Crippen LogP contribution in [0.2, 0.25) is 17.3 Å². The summed E-state index contributed by atoms with van der Waals surface area (Å²) in [6.45, 7) is -4.62. The second kappa shape index (κ2) is 17.3. The van der Waals surface area contributed by atoms with Crippen molar-refractivity contribution in [3.8, 4) is 44.8 Å². The van der Waals surface area contributed by atoms with Gasteiger partial charge in [0.2, 0.25) is 0 Å². The third-order valence-electron chi connectivity index (χ3n) is 10.6. The Kier molecular flexibility index (Phi) is 9.70.